The average Bonchev–Trinajstić information content (AvgIpc) is 2.32. The summed E-state index contributed by atoms with van der Waals surface area (Å²) < 4.78 is 1.01. The van der Waals surface area contributed by atoms with Gasteiger partial charge in [0.05, 0.1) is 0 Å². The Morgan fingerprint density at radius 2 is 2.11 bits per heavy atom. The fraction of sp³-hybridized carbons (Fsp3) is 0.500. The number of aryl methyl sites for hydroxylation is 1. The number of nitrogens with one attached hydrogen (secondary N) is 1. The first-order chi connectivity index (χ1) is 8.50. The maximum atomic E-state index is 12.6. The number of amides is 1. The number of halogens is 2. The quantitative estimate of drug-likeness (QED) is 0.847. The fourth-order valence-corrected chi connectivity index (χ4v) is 2.84. The molecule has 19 heavy (non-hydrogen) atoms. The molecule has 0 saturated carbocycles. The smallest absolute Gasteiger partial charge is 0.254 e. The highest BCUT2D eigenvalue weighted by molar-refractivity contribution is 9.10. The van der Waals surface area contributed by atoms with Gasteiger partial charge >= 0.3 is 0 Å². The molecule has 1 amide bonds. The fourth-order valence-electron chi connectivity index (χ4n) is 2.37. The molecule has 0 bridgehead atoms. The number of benzene rings is 1. The summed E-state index contributed by atoms with van der Waals surface area (Å²) in [5.41, 5.74) is 1.83. The molecule has 0 aliphatic carbocycles. The van der Waals surface area contributed by atoms with Crippen LogP contribution in [-0.2, 0) is 0 Å². The van der Waals surface area contributed by atoms with E-state index in [4.69, 9.17) is 0 Å². The monoisotopic (exact) mass is 346 g/mol. The molecule has 2 rings (SSSR count). The van der Waals surface area contributed by atoms with E-state index < -0.39 is 0 Å². The van der Waals surface area contributed by atoms with Crippen LogP contribution in [-0.4, -0.2) is 36.0 Å². The van der Waals surface area contributed by atoms with Crippen molar-refractivity contribution in [3.05, 3.63) is 33.8 Å². The van der Waals surface area contributed by atoms with Crippen LogP contribution >= 0.6 is 28.3 Å². The lowest BCUT2D eigenvalue weighted by Gasteiger charge is -2.38. The molecule has 1 saturated heterocycles. The second kappa shape index (κ2) is 6.73. The summed E-state index contributed by atoms with van der Waals surface area (Å²) in [6.07, 6.45) is 0. The molecule has 106 valence electrons. The van der Waals surface area contributed by atoms with E-state index in [1.807, 2.05) is 30.0 Å². The van der Waals surface area contributed by atoms with Gasteiger partial charge in [0.25, 0.3) is 5.91 Å². The van der Waals surface area contributed by atoms with Crippen molar-refractivity contribution in [2.24, 2.45) is 0 Å². The first-order valence-corrected chi connectivity index (χ1v) is 7.10. The molecule has 1 aromatic carbocycles. The summed E-state index contributed by atoms with van der Waals surface area (Å²) in [5.74, 6) is 0.140. The SMILES string of the molecule is Cc1cc(Br)ccc1C(=O)N1CCNC(C)C1C.Cl. The number of carbonyl (C=O) groups is 1. The summed E-state index contributed by atoms with van der Waals surface area (Å²) in [4.78, 5) is 14.5. The maximum Gasteiger partial charge on any atom is 0.254 e. The minimum absolute atomic E-state index is 0. The van der Waals surface area contributed by atoms with Crippen LogP contribution in [0.1, 0.15) is 29.8 Å². The average molecular weight is 348 g/mol. The molecule has 1 aliphatic heterocycles. The summed E-state index contributed by atoms with van der Waals surface area (Å²) in [7, 11) is 0. The third-order valence-corrected chi connectivity index (χ3v) is 4.21. The molecule has 1 fully saturated rings. The molecule has 1 aromatic rings. The van der Waals surface area contributed by atoms with Crippen molar-refractivity contribution < 1.29 is 4.79 Å². The Morgan fingerprint density at radius 3 is 2.74 bits per heavy atom. The van der Waals surface area contributed by atoms with E-state index in [0.29, 0.717) is 6.04 Å². The van der Waals surface area contributed by atoms with Crippen molar-refractivity contribution in [2.75, 3.05) is 13.1 Å². The molecule has 5 heteroatoms. The van der Waals surface area contributed by atoms with Gasteiger partial charge in [0, 0.05) is 35.2 Å². The third-order valence-electron chi connectivity index (χ3n) is 3.71. The van der Waals surface area contributed by atoms with E-state index in [9.17, 15) is 4.79 Å². The summed E-state index contributed by atoms with van der Waals surface area (Å²) in [6.45, 7) is 7.85. The Kier molecular flexibility index (Phi) is 5.83. The van der Waals surface area contributed by atoms with Crippen molar-refractivity contribution in [3.63, 3.8) is 0 Å². The van der Waals surface area contributed by atoms with Crippen molar-refractivity contribution in [1.82, 2.24) is 10.2 Å². The zero-order chi connectivity index (χ0) is 13.3. The first kappa shape index (κ1) is 16.5. The Morgan fingerprint density at radius 1 is 1.42 bits per heavy atom. The number of piperazine rings is 1. The van der Waals surface area contributed by atoms with Crippen LogP contribution in [0.15, 0.2) is 22.7 Å². The Labute approximate surface area is 129 Å². The van der Waals surface area contributed by atoms with Crippen LogP contribution in [0.25, 0.3) is 0 Å². The largest absolute Gasteiger partial charge is 0.333 e. The second-order valence-electron chi connectivity index (χ2n) is 4.94. The normalized spacial score (nSPS) is 22.8. The van der Waals surface area contributed by atoms with Gasteiger partial charge in [0.15, 0.2) is 0 Å². The highest BCUT2D eigenvalue weighted by Gasteiger charge is 2.29. The summed E-state index contributed by atoms with van der Waals surface area (Å²) >= 11 is 3.43. The molecule has 1 aliphatic rings. The van der Waals surface area contributed by atoms with Gasteiger partial charge in [-0.25, -0.2) is 0 Å². The van der Waals surface area contributed by atoms with E-state index in [0.717, 1.165) is 28.7 Å². The molecular weight excluding hydrogens is 328 g/mol. The zero-order valence-corrected chi connectivity index (χ0v) is 13.8. The van der Waals surface area contributed by atoms with Gasteiger partial charge in [0.1, 0.15) is 0 Å². The molecule has 2 atom stereocenters. The molecular formula is C14H20BrClN2O. The predicted molar refractivity (Wildman–Crippen MR) is 84.1 cm³/mol. The van der Waals surface area contributed by atoms with Gasteiger partial charge < -0.3 is 10.2 Å². The van der Waals surface area contributed by atoms with Crippen LogP contribution < -0.4 is 5.32 Å². The number of hydrogen-bond acceptors (Lipinski definition) is 2. The number of hydrogen-bond donors (Lipinski definition) is 1. The minimum Gasteiger partial charge on any atom is -0.333 e. The van der Waals surface area contributed by atoms with E-state index in [1.165, 1.54) is 0 Å². The van der Waals surface area contributed by atoms with Gasteiger partial charge in [-0.2, -0.15) is 0 Å². The number of nitrogens with zero attached hydrogens (tertiary/aromatic N) is 1. The summed E-state index contributed by atoms with van der Waals surface area (Å²) in [6, 6.07) is 6.40. The Bertz CT molecular complexity index is 467. The van der Waals surface area contributed by atoms with Gasteiger partial charge in [-0.15, -0.1) is 12.4 Å². The van der Waals surface area contributed by atoms with Crippen LogP contribution in [0.2, 0.25) is 0 Å². The molecule has 3 nitrogen and oxygen atoms in total. The van der Waals surface area contributed by atoms with Crippen molar-refractivity contribution >= 4 is 34.2 Å². The van der Waals surface area contributed by atoms with Crippen molar-refractivity contribution in [3.8, 4) is 0 Å². The molecule has 1 heterocycles. The Hall–Kier alpha value is -0.580. The summed E-state index contributed by atoms with van der Waals surface area (Å²) in [5, 5.41) is 3.39. The van der Waals surface area contributed by atoms with E-state index in [2.05, 4.69) is 35.1 Å². The van der Waals surface area contributed by atoms with Crippen LogP contribution in [0, 0.1) is 6.92 Å². The molecule has 0 radical (unpaired) electrons. The van der Waals surface area contributed by atoms with Crippen molar-refractivity contribution in [1.29, 1.82) is 0 Å². The van der Waals surface area contributed by atoms with Crippen molar-refractivity contribution in [2.45, 2.75) is 32.9 Å². The standard InChI is InChI=1S/C14H19BrN2O.ClH/c1-9-8-12(15)4-5-13(9)14(18)17-7-6-16-10(2)11(17)3;/h4-5,8,10-11,16H,6-7H2,1-3H3;1H. The van der Waals surface area contributed by atoms with Gasteiger partial charge in [-0.1, -0.05) is 15.9 Å². The lowest BCUT2D eigenvalue weighted by Crippen LogP contribution is -2.57. The lowest BCUT2D eigenvalue weighted by molar-refractivity contribution is 0.0602. The van der Waals surface area contributed by atoms with Crippen LogP contribution in [0.4, 0.5) is 0 Å². The molecule has 0 spiro atoms. The first-order valence-electron chi connectivity index (χ1n) is 6.31. The van der Waals surface area contributed by atoms with Gasteiger partial charge in [-0.3, -0.25) is 4.79 Å². The maximum absolute atomic E-state index is 12.6. The minimum atomic E-state index is 0. The third kappa shape index (κ3) is 3.50. The van der Waals surface area contributed by atoms with E-state index >= 15 is 0 Å². The zero-order valence-electron chi connectivity index (χ0n) is 11.4. The van der Waals surface area contributed by atoms with Gasteiger partial charge in [-0.05, 0) is 44.5 Å². The van der Waals surface area contributed by atoms with Crippen LogP contribution in [0.5, 0.6) is 0 Å². The lowest BCUT2D eigenvalue weighted by atomic mass is 10.0. The number of rotatable bonds is 1. The van der Waals surface area contributed by atoms with E-state index in [1.54, 1.807) is 0 Å². The van der Waals surface area contributed by atoms with E-state index in [-0.39, 0.29) is 24.4 Å². The predicted octanol–water partition coefficient (Wildman–Crippen LogP) is 3.00. The number of carbonyl (C=O) groups excluding carboxylic acids is 1. The molecule has 1 N–H and O–H groups in total. The molecule has 0 aromatic heterocycles. The van der Waals surface area contributed by atoms with Gasteiger partial charge in [0.2, 0.25) is 0 Å². The van der Waals surface area contributed by atoms with Crippen LogP contribution in [0.3, 0.4) is 0 Å². The Balaban J connectivity index is 0.00000180. The molecule has 2 unspecified atom stereocenters. The second-order valence-corrected chi connectivity index (χ2v) is 5.86. The highest BCUT2D eigenvalue weighted by atomic mass is 79.9. The topological polar surface area (TPSA) is 32.3 Å². The highest BCUT2D eigenvalue weighted by Crippen LogP contribution is 2.20.